The highest BCUT2D eigenvalue weighted by molar-refractivity contribution is 5.79. The molecule has 162 valence electrons. The SMILES string of the molecule is C=CC(O)(CC=C[C@@H]1[C@@H](CCCCCCC(=O)CO)[C@H](O)C[C@H]1O)CCCC. The number of aliphatic hydroxyl groups excluding tert-OH is 3. The summed E-state index contributed by atoms with van der Waals surface area (Å²) in [5.74, 6) is -0.179. The van der Waals surface area contributed by atoms with E-state index in [1.54, 1.807) is 6.08 Å². The van der Waals surface area contributed by atoms with E-state index in [9.17, 15) is 20.1 Å². The summed E-state index contributed by atoms with van der Waals surface area (Å²) in [6.45, 7) is 5.46. The Hall–Kier alpha value is -1.01. The number of Topliss-reactive ketones (excluding diaryl/α,β-unsaturated/α-hetero) is 1. The molecule has 0 amide bonds. The van der Waals surface area contributed by atoms with Crippen molar-refractivity contribution in [3.8, 4) is 0 Å². The predicted octanol–water partition coefficient (Wildman–Crippen LogP) is 3.30. The van der Waals surface area contributed by atoms with E-state index in [1.165, 1.54) is 0 Å². The largest absolute Gasteiger partial charge is 0.393 e. The number of carbonyl (C=O) groups is 1. The first-order valence-corrected chi connectivity index (χ1v) is 10.9. The maximum Gasteiger partial charge on any atom is 0.158 e. The summed E-state index contributed by atoms with van der Waals surface area (Å²) in [7, 11) is 0. The maximum atomic E-state index is 11.1. The zero-order valence-electron chi connectivity index (χ0n) is 17.4. The first-order chi connectivity index (χ1) is 13.4. The Kier molecular flexibility index (Phi) is 11.8. The number of rotatable bonds is 15. The molecule has 1 rings (SSSR count). The monoisotopic (exact) mass is 396 g/mol. The average Bonchev–Trinajstić information content (AvgIpc) is 2.95. The van der Waals surface area contributed by atoms with Crippen molar-refractivity contribution in [3.05, 3.63) is 24.8 Å². The van der Waals surface area contributed by atoms with E-state index in [0.29, 0.717) is 25.7 Å². The molecule has 1 unspecified atom stereocenters. The Morgan fingerprint density at radius 3 is 2.50 bits per heavy atom. The van der Waals surface area contributed by atoms with Gasteiger partial charge in [0.05, 0.1) is 17.8 Å². The Morgan fingerprint density at radius 1 is 1.14 bits per heavy atom. The van der Waals surface area contributed by atoms with Gasteiger partial charge in [0.15, 0.2) is 5.78 Å². The van der Waals surface area contributed by atoms with E-state index in [2.05, 4.69) is 13.5 Å². The van der Waals surface area contributed by atoms with Gasteiger partial charge in [-0.25, -0.2) is 0 Å². The van der Waals surface area contributed by atoms with Gasteiger partial charge in [-0.1, -0.05) is 57.3 Å². The van der Waals surface area contributed by atoms with Gasteiger partial charge in [-0.3, -0.25) is 4.79 Å². The van der Waals surface area contributed by atoms with Crippen LogP contribution in [0.15, 0.2) is 24.8 Å². The third-order valence-corrected chi connectivity index (χ3v) is 6.01. The lowest BCUT2D eigenvalue weighted by molar-refractivity contribution is -0.121. The number of unbranched alkanes of at least 4 members (excludes halogenated alkanes) is 4. The predicted molar refractivity (Wildman–Crippen MR) is 112 cm³/mol. The van der Waals surface area contributed by atoms with Crippen molar-refractivity contribution in [1.82, 2.24) is 0 Å². The molecule has 5 heteroatoms. The second kappa shape index (κ2) is 13.3. The van der Waals surface area contributed by atoms with Crippen LogP contribution in [0.2, 0.25) is 0 Å². The molecule has 0 spiro atoms. The molecule has 0 radical (unpaired) electrons. The van der Waals surface area contributed by atoms with Gasteiger partial charge in [0, 0.05) is 18.8 Å². The zero-order valence-corrected chi connectivity index (χ0v) is 17.4. The van der Waals surface area contributed by atoms with Crippen LogP contribution in [0.25, 0.3) is 0 Å². The Labute approximate surface area is 170 Å². The van der Waals surface area contributed by atoms with Crippen LogP contribution in [-0.2, 0) is 4.79 Å². The number of ketones is 1. The molecule has 1 aliphatic carbocycles. The minimum Gasteiger partial charge on any atom is -0.393 e. The second-order valence-electron chi connectivity index (χ2n) is 8.30. The first-order valence-electron chi connectivity index (χ1n) is 10.9. The molecule has 1 fully saturated rings. The lowest BCUT2D eigenvalue weighted by Crippen LogP contribution is -2.25. The molecule has 0 heterocycles. The molecule has 28 heavy (non-hydrogen) atoms. The zero-order chi connectivity index (χ0) is 21.0. The van der Waals surface area contributed by atoms with Crippen molar-refractivity contribution >= 4 is 5.78 Å². The van der Waals surface area contributed by atoms with Gasteiger partial charge in [0.25, 0.3) is 0 Å². The van der Waals surface area contributed by atoms with Crippen LogP contribution in [0.5, 0.6) is 0 Å². The van der Waals surface area contributed by atoms with Crippen molar-refractivity contribution in [2.45, 2.75) is 95.4 Å². The van der Waals surface area contributed by atoms with Crippen LogP contribution < -0.4 is 0 Å². The lowest BCUT2D eigenvalue weighted by Gasteiger charge is -2.24. The molecule has 0 saturated heterocycles. The van der Waals surface area contributed by atoms with E-state index in [4.69, 9.17) is 5.11 Å². The summed E-state index contributed by atoms with van der Waals surface area (Å²) < 4.78 is 0. The molecular formula is C23H40O5. The Balaban J connectivity index is 2.47. The fraction of sp³-hybridized carbons (Fsp3) is 0.783. The lowest BCUT2D eigenvalue weighted by atomic mass is 9.86. The molecule has 0 aromatic carbocycles. The number of hydrogen-bond acceptors (Lipinski definition) is 5. The first kappa shape index (κ1) is 25.0. The number of carbonyl (C=O) groups excluding carboxylic acids is 1. The van der Waals surface area contributed by atoms with Crippen molar-refractivity contribution in [3.63, 3.8) is 0 Å². The smallest absolute Gasteiger partial charge is 0.158 e. The number of hydrogen-bond donors (Lipinski definition) is 4. The van der Waals surface area contributed by atoms with Gasteiger partial charge < -0.3 is 20.4 Å². The normalized spacial score (nSPS) is 27.2. The molecule has 1 aliphatic rings. The van der Waals surface area contributed by atoms with Crippen LogP contribution in [0.3, 0.4) is 0 Å². The van der Waals surface area contributed by atoms with Crippen LogP contribution >= 0.6 is 0 Å². The molecule has 5 atom stereocenters. The van der Waals surface area contributed by atoms with Crippen molar-refractivity contribution < 1.29 is 25.2 Å². The van der Waals surface area contributed by atoms with Gasteiger partial charge in [0.2, 0.25) is 0 Å². The highest BCUT2D eigenvalue weighted by atomic mass is 16.3. The van der Waals surface area contributed by atoms with Crippen LogP contribution in [-0.4, -0.2) is 50.6 Å². The molecule has 0 bridgehead atoms. The highest BCUT2D eigenvalue weighted by Gasteiger charge is 2.39. The minimum atomic E-state index is -0.907. The third kappa shape index (κ3) is 8.56. The quantitative estimate of drug-likeness (QED) is 0.251. The molecule has 1 saturated carbocycles. The van der Waals surface area contributed by atoms with Crippen molar-refractivity contribution in [2.24, 2.45) is 11.8 Å². The standard InChI is InChI=1S/C23H40O5/c1-3-5-14-23(28,4-2)15-10-13-20-19(21(26)16-22(20)27)12-9-7-6-8-11-18(25)17-24/h4,10,13,19-22,24,26-28H,2-3,5-9,11-12,14-17H2,1H3/t19-,20-,21-,22-,23?/m1/s1. The minimum absolute atomic E-state index is 0.0257. The summed E-state index contributed by atoms with van der Waals surface area (Å²) in [6.07, 6.45) is 12.8. The van der Waals surface area contributed by atoms with E-state index in [-0.39, 0.29) is 24.2 Å². The fourth-order valence-electron chi connectivity index (χ4n) is 4.11. The molecule has 0 aromatic heterocycles. The van der Waals surface area contributed by atoms with Gasteiger partial charge in [0.1, 0.15) is 6.61 Å². The third-order valence-electron chi connectivity index (χ3n) is 6.01. The summed E-state index contributed by atoms with van der Waals surface area (Å²) >= 11 is 0. The summed E-state index contributed by atoms with van der Waals surface area (Å²) in [5, 5.41) is 39.9. The van der Waals surface area contributed by atoms with E-state index in [0.717, 1.165) is 44.9 Å². The van der Waals surface area contributed by atoms with Gasteiger partial charge in [-0.15, -0.1) is 6.58 Å². The molecule has 4 N–H and O–H groups in total. The van der Waals surface area contributed by atoms with E-state index in [1.807, 2.05) is 12.2 Å². The van der Waals surface area contributed by atoms with Crippen LogP contribution in [0, 0.1) is 11.8 Å². The average molecular weight is 397 g/mol. The molecular weight excluding hydrogens is 356 g/mol. The van der Waals surface area contributed by atoms with Gasteiger partial charge in [-0.05, 0) is 31.6 Å². The Morgan fingerprint density at radius 2 is 1.86 bits per heavy atom. The Bertz CT molecular complexity index is 489. The van der Waals surface area contributed by atoms with Gasteiger partial charge in [-0.2, -0.15) is 0 Å². The van der Waals surface area contributed by atoms with E-state index >= 15 is 0 Å². The summed E-state index contributed by atoms with van der Waals surface area (Å²) in [4.78, 5) is 11.1. The van der Waals surface area contributed by atoms with Gasteiger partial charge >= 0.3 is 0 Å². The van der Waals surface area contributed by atoms with Crippen molar-refractivity contribution in [2.75, 3.05) is 6.61 Å². The topological polar surface area (TPSA) is 98.0 Å². The van der Waals surface area contributed by atoms with E-state index < -0.39 is 17.8 Å². The fourth-order valence-corrected chi connectivity index (χ4v) is 4.11. The second-order valence-corrected chi connectivity index (χ2v) is 8.30. The van der Waals surface area contributed by atoms with Crippen LogP contribution in [0.1, 0.15) is 77.6 Å². The van der Waals surface area contributed by atoms with Crippen LogP contribution in [0.4, 0.5) is 0 Å². The maximum absolute atomic E-state index is 11.1. The van der Waals surface area contributed by atoms with Crippen molar-refractivity contribution in [1.29, 1.82) is 0 Å². The number of aliphatic hydroxyl groups is 4. The highest BCUT2D eigenvalue weighted by Crippen LogP contribution is 2.37. The summed E-state index contributed by atoms with van der Waals surface area (Å²) in [5.41, 5.74) is -0.907. The summed E-state index contributed by atoms with van der Waals surface area (Å²) in [6, 6.07) is 0. The molecule has 0 aliphatic heterocycles. The molecule has 0 aromatic rings. The molecule has 5 nitrogen and oxygen atoms in total.